The number of rotatable bonds is 5. The molecule has 1 aliphatic heterocycles. The highest BCUT2D eigenvalue weighted by Gasteiger charge is 2.25. The number of aromatic nitrogens is 3. The van der Waals surface area contributed by atoms with Crippen molar-refractivity contribution in [2.24, 2.45) is 5.92 Å². The molecule has 2 fully saturated rings. The van der Waals surface area contributed by atoms with Crippen LogP contribution in [0, 0.1) is 12.8 Å². The van der Waals surface area contributed by atoms with E-state index in [9.17, 15) is 4.79 Å². The van der Waals surface area contributed by atoms with Crippen LogP contribution in [0.25, 0.3) is 0 Å². The molecule has 1 aliphatic carbocycles. The van der Waals surface area contributed by atoms with Gasteiger partial charge in [-0.1, -0.05) is 37.3 Å². The number of hydrogen-bond donors (Lipinski definition) is 1. The Bertz CT molecular complexity index is 550. The summed E-state index contributed by atoms with van der Waals surface area (Å²) in [6.45, 7) is 4.82. The van der Waals surface area contributed by atoms with Gasteiger partial charge in [0.15, 0.2) is 5.69 Å². The summed E-state index contributed by atoms with van der Waals surface area (Å²) in [5.74, 6) is 0.809. The Morgan fingerprint density at radius 1 is 1.20 bits per heavy atom. The number of amides is 1. The monoisotopic (exact) mass is 369 g/mol. The highest BCUT2D eigenvalue weighted by molar-refractivity contribution is 5.93. The van der Waals surface area contributed by atoms with E-state index < -0.39 is 0 Å². The quantitative estimate of drug-likeness (QED) is 0.866. The lowest BCUT2D eigenvalue weighted by molar-refractivity contribution is 0.0777. The van der Waals surface area contributed by atoms with E-state index in [2.05, 4.69) is 15.6 Å². The van der Waals surface area contributed by atoms with Gasteiger partial charge in [0, 0.05) is 13.6 Å². The molecule has 1 aromatic rings. The number of carbonyl (C=O) groups is 1. The van der Waals surface area contributed by atoms with Crippen molar-refractivity contribution in [2.75, 3.05) is 26.7 Å². The second kappa shape index (κ2) is 9.53. The molecule has 0 aromatic carbocycles. The molecular weight excluding hydrogens is 338 g/mol. The van der Waals surface area contributed by atoms with Crippen LogP contribution in [0.15, 0.2) is 0 Å². The maximum atomic E-state index is 12.7. The molecule has 1 amide bonds. The summed E-state index contributed by atoms with van der Waals surface area (Å²) in [7, 11) is 1.90. The average Bonchev–Trinajstić information content (AvgIpc) is 3.02. The zero-order valence-corrected chi connectivity index (χ0v) is 16.4. The number of carbonyl (C=O) groups excluding carboxylic acids is 1. The van der Waals surface area contributed by atoms with Crippen LogP contribution < -0.4 is 5.32 Å². The van der Waals surface area contributed by atoms with Crippen molar-refractivity contribution in [3.05, 3.63) is 11.4 Å². The van der Waals surface area contributed by atoms with Crippen molar-refractivity contribution in [2.45, 2.75) is 64.3 Å². The number of nitrogens with zero attached hydrogens (tertiary/aromatic N) is 4. The van der Waals surface area contributed by atoms with Gasteiger partial charge in [-0.15, -0.1) is 17.5 Å². The van der Waals surface area contributed by atoms with Crippen molar-refractivity contribution in [1.82, 2.24) is 25.2 Å². The molecule has 0 bridgehead atoms. The fourth-order valence-electron chi connectivity index (χ4n) is 4.07. The topological polar surface area (TPSA) is 63.1 Å². The van der Waals surface area contributed by atoms with Crippen molar-refractivity contribution in [3.63, 3.8) is 0 Å². The predicted octanol–water partition coefficient (Wildman–Crippen LogP) is 2.98. The number of nitrogens with one attached hydrogen (secondary N) is 1. The average molecular weight is 370 g/mol. The summed E-state index contributed by atoms with van der Waals surface area (Å²) in [5, 5.41) is 11.9. The minimum Gasteiger partial charge on any atom is -0.340 e. The SMILES string of the molecule is Cc1c(C(=O)N(C)CCC2CCCCC2)nnn1C1CCNCC1.Cl. The van der Waals surface area contributed by atoms with Crippen molar-refractivity contribution >= 4 is 18.3 Å². The summed E-state index contributed by atoms with van der Waals surface area (Å²) in [5.41, 5.74) is 1.44. The Kier molecular flexibility index (Phi) is 7.69. The van der Waals surface area contributed by atoms with Gasteiger partial charge in [-0.2, -0.15) is 0 Å². The van der Waals surface area contributed by atoms with Gasteiger partial charge in [-0.3, -0.25) is 4.79 Å². The molecule has 1 saturated carbocycles. The predicted molar refractivity (Wildman–Crippen MR) is 101 cm³/mol. The Hall–Kier alpha value is -1.14. The van der Waals surface area contributed by atoms with E-state index in [0.29, 0.717) is 11.7 Å². The van der Waals surface area contributed by atoms with Gasteiger partial charge in [0.05, 0.1) is 11.7 Å². The van der Waals surface area contributed by atoms with E-state index in [0.717, 1.165) is 50.5 Å². The standard InChI is InChI=1S/C18H31N5O.ClH/c1-14-17(20-21-23(14)16-8-11-19-12-9-16)18(24)22(2)13-10-15-6-4-3-5-7-15;/h15-16,19H,3-13H2,1-2H3;1H. The van der Waals surface area contributed by atoms with Gasteiger partial charge in [0.25, 0.3) is 5.91 Å². The third-order valence-corrected chi connectivity index (χ3v) is 5.73. The second-order valence-corrected chi connectivity index (χ2v) is 7.47. The smallest absolute Gasteiger partial charge is 0.276 e. The summed E-state index contributed by atoms with van der Waals surface area (Å²) in [6.07, 6.45) is 9.95. The summed E-state index contributed by atoms with van der Waals surface area (Å²) in [6, 6.07) is 0.368. The van der Waals surface area contributed by atoms with Crippen molar-refractivity contribution in [3.8, 4) is 0 Å². The Morgan fingerprint density at radius 2 is 1.88 bits per heavy atom. The molecule has 3 rings (SSSR count). The van der Waals surface area contributed by atoms with Gasteiger partial charge < -0.3 is 10.2 Å². The first-order valence-electron chi connectivity index (χ1n) is 9.54. The lowest BCUT2D eigenvalue weighted by Gasteiger charge is -2.25. The van der Waals surface area contributed by atoms with E-state index >= 15 is 0 Å². The minimum atomic E-state index is 0. The van der Waals surface area contributed by atoms with Crippen LogP contribution in [0.4, 0.5) is 0 Å². The summed E-state index contributed by atoms with van der Waals surface area (Å²) >= 11 is 0. The molecule has 25 heavy (non-hydrogen) atoms. The first-order valence-corrected chi connectivity index (χ1v) is 9.54. The van der Waals surface area contributed by atoms with Crippen LogP contribution in [0.3, 0.4) is 0 Å². The zero-order valence-electron chi connectivity index (χ0n) is 15.5. The first-order chi connectivity index (χ1) is 11.7. The van der Waals surface area contributed by atoms with Gasteiger partial charge in [0.2, 0.25) is 0 Å². The van der Waals surface area contributed by atoms with Crippen LogP contribution in [-0.2, 0) is 0 Å². The van der Waals surface area contributed by atoms with Crippen LogP contribution in [0.2, 0.25) is 0 Å². The maximum absolute atomic E-state index is 12.7. The van der Waals surface area contributed by atoms with E-state index in [-0.39, 0.29) is 18.3 Å². The van der Waals surface area contributed by atoms with Gasteiger partial charge in [-0.05, 0) is 45.2 Å². The normalized spacial score (nSPS) is 19.4. The van der Waals surface area contributed by atoms with E-state index in [1.165, 1.54) is 32.1 Å². The van der Waals surface area contributed by atoms with Gasteiger partial charge in [-0.25, -0.2) is 4.68 Å². The lowest BCUT2D eigenvalue weighted by Crippen LogP contribution is -2.31. The molecule has 2 aliphatic rings. The first kappa shape index (κ1) is 20.2. The Morgan fingerprint density at radius 3 is 2.56 bits per heavy atom. The molecule has 1 N–H and O–H groups in total. The van der Waals surface area contributed by atoms with Crippen LogP contribution in [0.1, 0.15) is 73.6 Å². The maximum Gasteiger partial charge on any atom is 0.276 e. The fourth-order valence-corrected chi connectivity index (χ4v) is 4.07. The van der Waals surface area contributed by atoms with E-state index in [1.807, 2.05) is 23.6 Å². The molecule has 1 saturated heterocycles. The lowest BCUT2D eigenvalue weighted by atomic mass is 9.87. The number of piperidine rings is 1. The van der Waals surface area contributed by atoms with E-state index in [1.54, 1.807) is 0 Å². The Labute approximate surface area is 157 Å². The molecule has 0 radical (unpaired) electrons. The fraction of sp³-hybridized carbons (Fsp3) is 0.833. The molecule has 1 aromatic heterocycles. The highest BCUT2D eigenvalue weighted by atomic mass is 35.5. The van der Waals surface area contributed by atoms with Crippen LogP contribution in [0.5, 0.6) is 0 Å². The molecule has 142 valence electrons. The zero-order chi connectivity index (χ0) is 16.9. The molecular formula is C18H32ClN5O. The molecule has 2 heterocycles. The third-order valence-electron chi connectivity index (χ3n) is 5.73. The molecule has 0 spiro atoms. The van der Waals surface area contributed by atoms with Crippen molar-refractivity contribution < 1.29 is 4.79 Å². The number of halogens is 1. The van der Waals surface area contributed by atoms with Gasteiger partial charge >= 0.3 is 0 Å². The van der Waals surface area contributed by atoms with E-state index in [4.69, 9.17) is 0 Å². The largest absolute Gasteiger partial charge is 0.340 e. The third kappa shape index (κ3) is 4.94. The molecule has 6 nitrogen and oxygen atoms in total. The highest BCUT2D eigenvalue weighted by Crippen LogP contribution is 2.26. The van der Waals surface area contributed by atoms with Crippen molar-refractivity contribution in [1.29, 1.82) is 0 Å². The summed E-state index contributed by atoms with van der Waals surface area (Å²) in [4.78, 5) is 14.6. The number of hydrogen-bond acceptors (Lipinski definition) is 4. The summed E-state index contributed by atoms with van der Waals surface area (Å²) < 4.78 is 1.96. The molecule has 0 unspecified atom stereocenters. The molecule has 0 atom stereocenters. The van der Waals surface area contributed by atoms with Crippen LogP contribution in [-0.4, -0.2) is 52.5 Å². The van der Waals surface area contributed by atoms with Crippen LogP contribution >= 0.6 is 12.4 Å². The second-order valence-electron chi connectivity index (χ2n) is 7.47. The minimum absolute atomic E-state index is 0. The Balaban J connectivity index is 0.00000225. The molecule has 7 heteroatoms. The van der Waals surface area contributed by atoms with Gasteiger partial charge in [0.1, 0.15) is 0 Å².